The van der Waals surface area contributed by atoms with Crippen molar-refractivity contribution in [2.75, 3.05) is 14.2 Å². The zero-order valence-electron chi connectivity index (χ0n) is 13.5. The van der Waals surface area contributed by atoms with Gasteiger partial charge in [-0.1, -0.05) is 25.3 Å². The molecule has 0 aromatic heterocycles. The van der Waals surface area contributed by atoms with Crippen LogP contribution in [0.4, 0.5) is 0 Å². The Bertz CT molecular complexity index is 549. The molecule has 1 fully saturated rings. The number of nitrogens with zero attached hydrogens (tertiary/aromatic N) is 1. The van der Waals surface area contributed by atoms with Gasteiger partial charge in [0, 0.05) is 5.71 Å². The van der Waals surface area contributed by atoms with Crippen LogP contribution >= 0.6 is 0 Å². The highest BCUT2D eigenvalue weighted by Gasteiger charge is 2.18. The summed E-state index contributed by atoms with van der Waals surface area (Å²) in [6.45, 7) is 1.99. The Morgan fingerprint density at radius 1 is 1.18 bits per heavy atom. The maximum atomic E-state index is 12.3. The molecule has 5 heteroatoms. The van der Waals surface area contributed by atoms with Crippen molar-refractivity contribution in [1.29, 1.82) is 0 Å². The lowest BCUT2D eigenvalue weighted by molar-refractivity contribution is 0.0950. The van der Waals surface area contributed by atoms with Crippen molar-refractivity contribution in [3.8, 4) is 11.5 Å². The van der Waals surface area contributed by atoms with Gasteiger partial charge in [-0.3, -0.25) is 4.79 Å². The van der Waals surface area contributed by atoms with Gasteiger partial charge in [0.15, 0.2) is 11.5 Å². The molecular weight excluding hydrogens is 280 g/mol. The first-order valence-corrected chi connectivity index (χ1v) is 7.73. The number of hydrogen-bond donors (Lipinski definition) is 1. The van der Waals surface area contributed by atoms with Crippen molar-refractivity contribution < 1.29 is 14.3 Å². The van der Waals surface area contributed by atoms with E-state index >= 15 is 0 Å². The van der Waals surface area contributed by atoms with E-state index in [2.05, 4.69) is 10.5 Å². The van der Waals surface area contributed by atoms with Crippen LogP contribution in [0, 0.1) is 5.92 Å². The van der Waals surface area contributed by atoms with Gasteiger partial charge in [0.25, 0.3) is 5.91 Å². The predicted molar refractivity (Wildman–Crippen MR) is 86.7 cm³/mol. The monoisotopic (exact) mass is 304 g/mol. The highest BCUT2D eigenvalue weighted by Crippen LogP contribution is 2.30. The maximum Gasteiger partial charge on any atom is 0.275 e. The molecular formula is C17H24N2O3. The quantitative estimate of drug-likeness (QED) is 0.670. The van der Waals surface area contributed by atoms with Crippen LogP contribution in [0.2, 0.25) is 0 Å². The molecule has 0 saturated heterocycles. The summed E-state index contributed by atoms with van der Waals surface area (Å²) in [6.07, 6.45) is 6.11. The summed E-state index contributed by atoms with van der Waals surface area (Å²) in [5.74, 6) is 1.16. The number of benzene rings is 1. The molecule has 1 amide bonds. The fraction of sp³-hybridized carbons (Fsp3) is 0.529. The molecule has 120 valence electrons. The molecule has 5 nitrogen and oxygen atoms in total. The van der Waals surface area contributed by atoms with E-state index in [4.69, 9.17) is 9.47 Å². The number of nitrogens with one attached hydrogen (secondary N) is 1. The topological polar surface area (TPSA) is 59.9 Å². The molecule has 0 heterocycles. The van der Waals surface area contributed by atoms with E-state index in [9.17, 15) is 4.79 Å². The van der Waals surface area contributed by atoms with Crippen LogP contribution in [0.15, 0.2) is 23.3 Å². The number of amides is 1. The Morgan fingerprint density at radius 2 is 1.91 bits per heavy atom. The van der Waals surface area contributed by atoms with Crippen LogP contribution in [0.25, 0.3) is 0 Å². The second-order valence-corrected chi connectivity index (χ2v) is 5.57. The zero-order chi connectivity index (χ0) is 15.9. The molecule has 0 aliphatic heterocycles. The van der Waals surface area contributed by atoms with Gasteiger partial charge in [0.2, 0.25) is 0 Å². The number of hydrazone groups is 1. The summed E-state index contributed by atoms with van der Waals surface area (Å²) in [5, 5.41) is 4.28. The van der Waals surface area contributed by atoms with Crippen molar-refractivity contribution in [3.05, 3.63) is 23.8 Å². The van der Waals surface area contributed by atoms with Gasteiger partial charge in [0.1, 0.15) is 0 Å². The van der Waals surface area contributed by atoms with E-state index in [1.54, 1.807) is 25.3 Å². The minimum atomic E-state index is -0.286. The molecule has 1 aliphatic rings. The van der Waals surface area contributed by atoms with E-state index in [0.29, 0.717) is 23.0 Å². The predicted octanol–water partition coefficient (Wildman–Crippen LogP) is 3.39. The molecule has 0 unspecified atom stereocenters. The second-order valence-electron chi connectivity index (χ2n) is 5.57. The first kappa shape index (κ1) is 16.3. The van der Waals surface area contributed by atoms with E-state index in [-0.39, 0.29) is 5.91 Å². The average Bonchev–Trinajstić information content (AvgIpc) is 2.59. The molecule has 1 saturated carbocycles. The van der Waals surface area contributed by atoms with Gasteiger partial charge in [-0.2, -0.15) is 5.10 Å². The van der Waals surface area contributed by atoms with Gasteiger partial charge in [-0.05, 0) is 37.8 Å². The van der Waals surface area contributed by atoms with Crippen molar-refractivity contribution in [1.82, 2.24) is 5.43 Å². The van der Waals surface area contributed by atoms with Crippen LogP contribution in [0.1, 0.15) is 49.4 Å². The Balaban J connectivity index is 2.09. The Labute approximate surface area is 131 Å². The van der Waals surface area contributed by atoms with Crippen LogP contribution in [0.5, 0.6) is 11.5 Å². The SMILES string of the molecule is COc1cccc(C(=O)N/N=C(/C)C2CCCCC2)c1OC. The number of para-hydroxylation sites is 1. The van der Waals surface area contributed by atoms with E-state index in [1.807, 2.05) is 6.92 Å². The first-order chi connectivity index (χ1) is 10.7. The summed E-state index contributed by atoms with van der Waals surface area (Å²) in [5.41, 5.74) is 4.05. The van der Waals surface area contributed by atoms with Crippen LogP contribution in [0.3, 0.4) is 0 Å². The largest absolute Gasteiger partial charge is 0.493 e. The normalized spacial score (nSPS) is 16.2. The van der Waals surface area contributed by atoms with Gasteiger partial charge >= 0.3 is 0 Å². The van der Waals surface area contributed by atoms with E-state index in [1.165, 1.54) is 26.4 Å². The molecule has 0 spiro atoms. The molecule has 1 aromatic carbocycles. The summed E-state index contributed by atoms with van der Waals surface area (Å²) in [7, 11) is 3.07. The van der Waals surface area contributed by atoms with Crippen LogP contribution < -0.4 is 14.9 Å². The van der Waals surface area contributed by atoms with E-state index < -0.39 is 0 Å². The van der Waals surface area contributed by atoms with Gasteiger partial charge in [-0.15, -0.1) is 0 Å². The number of methoxy groups -OCH3 is 2. The maximum absolute atomic E-state index is 12.3. The summed E-state index contributed by atoms with van der Waals surface area (Å²) < 4.78 is 10.5. The number of carbonyl (C=O) groups is 1. The number of hydrogen-bond acceptors (Lipinski definition) is 4. The molecule has 1 aromatic rings. The summed E-state index contributed by atoms with van der Waals surface area (Å²) in [6, 6.07) is 5.21. The van der Waals surface area contributed by atoms with Crippen molar-refractivity contribution in [2.45, 2.75) is 39.0 Å². The average molecular weight is 304 g/mol. The standard InChI is InChI=1S/C17H24N2O3/c1-12(13-8-5-4-6-9-13)18-19-17(20)14-10-7-11-15(21-2)16(14)22-3/h7,10-11,13H,4-6,8-9H2,1-3H3,(H,19,20)/b18-12-. The van der Waals surface area contributed by atoms with Gasteiger partial charge in [-0.25, -0.2) is 5.43 Å². The number of carbonyl (C=O) groups excluding carboxylic acids is 1. The Kier molecular flexibility index (Phi) is 5.81. The van der Waals surface area contributed by atoms with Crippen LogP contribution in [-0.4, -0.2) is 25.8 Å². The fourth-order valence-corrected chi connectivity index (χ4v) is 2.88. The van der Waals surface area contributed by atoms with Crippen molar-refractivity contribution in [3.63, 3.8) is 0 Å². The summed E-state index contributed by atoms with van der Waals surface area (Å²) in [4.78, 5) is 12.3. The number of ether oxygens (including phenoxy) is 2. The summed E-state index contributed by atoms with van der Waals surface area (Å²) >= 11 is 0. The second kappa shape index (κ2) is 7.82. The molecule has 22 heavy (non-hydrogen) atoms. The lowest BCUT2D eigenvalue weighted by Gasteiger charge is -2.21. The van der Waals surface area contributed by atoms with E-state index in [0.717, 1.165) is 18.6 Å². The zero-order valence-corrected chi connectivity index (χ0v) is 13.5. The molecule has 1 aliphatic carbocycles. The van der Waals surface area contributed by atoms with Gasteiger partial charge in [0.05, 0.1) is 19.8 Å². The third-order valence-corrected chi connectivity index (χ3v) is 4.18. The minimum absolute atomic E-state index is 0.286. The van der Waals surface area contributed by atoms with Crippen LogP contribution in [-0.2, 0) is 0 Å². The third-order valence-electron chi connectivity index (χ3n) is 4.18. The molecule has 1 N–H and O–H groups in total. The first-order valence-electron chi connectivity index (χ1n) is 7.73. The molecule has 0 radical (unpaired) electrons. The van der Waals surface area contributed by atoms with Crippen molar-refractivity contribution in [2.24, 2.45) is 11.0 Å². The smallest absolute Gasteiger partial charge is 0.275 e. The lowest BCUT2D eigenvalue weighted by Crippen LogP contribution is -2.23. The fourth-order valence-electron chi connectivity index (χ4n) is 2.88. The Morgan fingerprint density at radius 3 is 2.55 bits per heavy atom. The highest BCUT2D eigenvalue weighted by molar-refractivity contribution is 5.98. The lowest BCUT2D eigenvalue weighted by atomic mass is 9.86. The molecule has 2 rings (SSSR count). The highest BCUT2D eigenvalue weighted by atomic mass is 16.5. The molecule has 0 atom stereocenters. The minimum Gasteiger partial charge on any atom is -0.493 e. The van der Waals surface area contributed by atoms with Crippen molar-refractivity contribution >= 4 is 11.6 Å². The number of rotatable bonds is 5. The third kappa shape index (κ3) is 3.78. The molecule has 0 bridgehead atoms. The Hall–Kier alpha value is -2.04. The van der Waals surface area contributed by atoms with Gasteiger partial charge < -0.3 is 9.47 Å².